The van der Waals surface area contributed by atoms with E-state index in [1.54, 1.807) is 12.1 Å². The highest BCUT2D eigenvalue weighted by atomic mass is 32.1. The number of aromatic nitrogens is 3. The molecular formula is C21H23FN4O2S. The van der Waals surface area contributed by atoms with Crippen molar-refractivity contribution in [3.63, 3.8) is 0 Å². The van der Waals surface area contributed by atoms with Crippen molar-refractivity contribution in [1.29, 1.82) is 0 Å². The molecule has 4 rings (SSSR count). The van der Waals surface area contributed by atoms with Gasteiger partial charge in [-0.25, -0.2) is 9.37 Å². The largest absolute Gasteiger partial charge is 0.339 e. The Hall–Kier alpha value is -2.61. The minimum Gasteiger partial charge on any atom is -0.339 e. The number of nitrogens with zero attached hydrogens (tertiary/aromatic N) is 3. The fraction of sp³-hybridized carbons (Fsp3) is 0.429. The Balaban J connectivity index is 1.48. The third-order valence-corrected chi connectivity index (χ3v) is 6.09. The topological polar surface area (TPSA) is 80.9 Å². The Kier molecular flexibility index (Phi) is 5.45. The van der Waals surface area contributed by atoms with Crippen LogP contribution < -0.4 is 5.32 Å². The van der Waals surface area contributed by atoms with Gasteiger partial charge < -0.3 is 9.84 Å². The standard InChI is InChI=1S/C21H23FN4O2S/c1-11(2)17(21-25-19(26-28-21)14-6-7-14)24-20(27)18-12(3)23-16(29-18)10-13-4-8-15(22)9-5-13/h4-5,8-9,11,14,17H,6-7,10H2,1-3H3,(H,24,27). The number of hydrogen-bond acceptors (Lipinski definition) is 6. The van der Waals surface area contributed by atoms with E-state index in [2.05, 4.69) is 20.4 Å². The Labute approximate surface area is 172 Å². The van der Waals surface area contributed by atoms with Gasteiger partial charge in [0.05, 0.1) is 10.7 Å². The second-order valence-corrected chi connectivity index (χ2v) is 8.87. The molecule has 152 valence electrons. The molecule has 1 aromatic carbocycles. The summed E-state index contributed by atoms with van der Waals surface area (Å²) in [5.41, 5.74) is 1.63. The highest BCUT2D eigenvalue weighted by Gasteiger charge is 2.32. The third-order valence-electron chi connectivity index (χ3n) is 4.93. The summed E-state index contributed by atoms with van der Waals surface area (Å²) in [5.74, 6) is 1.21. The molecule has 1 saturated carbocycles. The van der Waals surface area contributed by atoms with E-state index in [0.717, 1.165) is 29.2 Å². The molecule has 1 fully saturated rings. The van der Waals surface area contributed by atoms with Gasteiger partial charge in [0.25, 0.3) is 5.91 Å². The molecule has 8 heteroatoms. The van der Waals surface area contributed by atoms with E-state index in [1.165, 1.54) is 23.5 Å². The molecule has 0 spiro atoms. The molecule has 1 amide bonds. The van der Waals surface area contributed by atoms with Gasteiger partial charge in [0.1, 0.15) is 16.7 Å². The van der Waals surface area contributed by atoms with Crippen molar-refractivity contribution in [3.8, 4) is 0 Å². The van der Waals surface area contributed by atoms with Crippen LogP contribution in [0.1, 0.15) is 76.3 Å². The van der Waals surface area contributed by atoms with Crippen LogP contribution in [-0.4, -0.2) is 21.0 Å². The van der Waals surface area contributed by atoms with Gasteiger partial charge in [-0.15, -0.1) is 11.3 Å². The number of hydrogen-bond donors (Lipinski definition) is 1. The zero-order valence-electron chi connectivity index (χ0n) is 16.6. The molecule has 0 bridgehead atoms. The quantitative estimate of drug-likeness (QED) is 0.613. The van der Waals surface area contributed by atoms with Crippen LogP contribution in [0.25, 0.3) is 0 Å². The molecule has 1 N–H and O–H groups in total. The summed E-state index contributed by atoms with van der Waals surface area (Å²) in [4.78, 5) is 22.5. The molecular weight excluding hydrogens is 391 g/mol. The molecule has 1 aliphatic rings. The number of carbonyl (C=O) groups is 1. The molecule has 0 saturated heterocycles. The molecule has 2 aromatic heterocycles. The maximum absolute atomic E-state index is 13.1. The normalized spacial score (nSPS) is 14.9. The summed E-state index contributed by atoms with van der Waals surface area (Å²) in [6.07, 6.45) is 2.74. The molecule has 6 nitrogen and oxygen atoms in total. The second-order valence-electron chi connectivity index (χ2n) is 7.79. The van der Waals surface area contributed by atoms with Crippen LogP contribution in [0.3, 0.4) is 0 Å². The maximum atomic E-state index is 13.1. The first-order valence-corrected chi connectivity index (χ1v) is 10.6. The molecule has 1 aliphatic carbocycles. The first kappa shape index (κ1) is 19.7. The second kappa shape index (κ2) is 8.02. The van der Waals surface area contributed by atoms with E-state index in [-0.39, 0.29) is 23.7 Å². The van der Waals surface area contributed by atoms with Gasteiger partial charge in [-0.3, -0.25) is 4.79 Å². The smallest absolute Gasteiger partial charge is 0.263 e. The van der Waals surface area contributed by atoms with Crippen molar-refractivity contribution in [2.24, 2.45) is 5.92 Å². The van der Waals surface area contributed by atoms with Gasteiger partial charge in [0.2, 0.25) is 5.89 Å². The van der Waals surface area contributed by atoms with Crippen molar-refractivity contribution in [2.45, 2.75) is 52.0 Å². The van der Waals surface area contributed by atoms with Gasteiger partial charge in [0, 0.05) is 12.3 Å². The van der Waals surface area contributed by atoms with Crippen molar-refractivity contribution < 1.29 is 13.7 Å². The monoisotopic (exact) mass is 414 g/mol. The van der Waals surface area contributed by atoms with Gasteiger partial charge in [-0.1, -0.05) is 31.1 Å². The summed E-state index contributed by atoms with van der Waals surface area (Å²) in [6, 6.07) is 5.96. The van der Waals surface area contributed by atoms with Gasteiger partial charge in [-0.2, -0.15) is 4.98 Å². The Morgan fingerprint density at radius 1 is 1.28 bits per heavy atom. The molecule has 29 heavy (non-hydrogen) atoms. The number of thiazole rings is 1. The molecule has 1 unspecified atom stereocenters. The van der Waals surface area contributed by atoms with Crippen LogP contribution >= 0.6 is 11.3 Å². The lowest BCUT2D eigenvalue weighted by Crippen LogP contribution is -2.32. The van der Waals surface area contributed by atoms with E-state index >= 15 is 0 Å². The number of carbonyl (C=O) groups excluding carboxylic acids is 1. The van der Waals surface area contributed by atoms with Crippen molar-refractivity contribution >= 4 is 17.2 Å². The van der Waals surface area contributed by atoms with E-state index in [4.69, 9.17) is 4.52 Å². The predicted molar refractivity (Wildman–Crippen MR) is 107 cm³/mol. The lowest BCUT2D eigenvalue weighted by molar-refractivity contribution is 0.0917. The van der Waals surface area contributed by atoms with Crippen molar-refractivity contribution in [2.75, 3.05) is 0 Å². The van der Waals surface area contributed by atoms with Gasteiger partial charge in [0.15, 0.2) is 5.82 Å². The number of aryl methyl sites for hydroxylation is 1. The first-order chi connectivity index (χ1) is 13.9. The molecule has 0 aliphatic heterocycles. The average molecular weight is 415 g/mol. The Morgan fingerprint density at radius 3 is 2.66 bits per heavy atom. The van der Waals surface area contributed by atoms with Crippen LogP contribution in [0.4, 0.5) is 4.39 Å². The SMILES string of the molecule is Cc1nc(Cc2ccc(F)cc2)sc1C(=O)NC(c1nc(C2CC2)no1)C(C)C. The van der Waals surface area contributed by atoms with Gasteiger partial charge >= 0.3 is 0 Å². The van der Waals surface area contributed by atoms with E-state index in [0.29, 0.717) is 28.8 Å². The summed E-state index contributed by atoms with van der Waals surface area (Å²) in [5, 5.41) is 7.91. The lowest BCUT2D eigenvalue weighted by atomic mass is 10.0. The van der Waals surface area contributed by atoms with E-state index < -0.39 is 0 Å². The molecule has 2 heterocycles. The highest BCUT2D eigenvalue weighted by molar-refractivity contribution is 7.13. The van der Waals surface area contributed by atoms with Crippen LogP contribution in [0.2, 0.25) is 0 Å². The van der Waals surface area contributed by atoms with Crippen LogP contribution in [-0.2, 0) is 6.42 Å². The number of rotatable bonds is 7. The van der Waals surface area contributed by atoms with Crippen molar-refractivity contribution in [1.82, 2.24) is 20.4 Å². The molecule has 1 atom stereocenters. The van der Waals surface area contributed by atoms with E-state index in [9.17, 15) is 9.18 Å². The van der Waals surface area contributed by atoms with Crippen LogP contribution in [0, 0.1) is 18.7 Å². The van der Waals surface area contributed by atoms with Crippen LogP contribution in [0.15, 0.2) is 28.8 Å². The van der Waals surface area contributed by atoms with Gasteiger partial charge in [-0.05, 0) is 43.4 Å². The summed E-state index contributed by atoms with van der Waals surface area (Å²) in [7, 11) is 0. The number of amides is 1. The number of halogens is 1. The molecule has 3 aromatic rings. The van der Waals surface area contributed by atoms with Crippen LogP contribution in [0.5, 0.6) is 0 Å². The summed E-state index contributed by atoms with van der Waals surface area (Å²) >= 11 is 1.35. The lowest BCUT2D eigenvalue weighted by Gasteiger charge is -2.18. The van der Waals surface area contributed by atoms with E-state index in [1.807, 2.05) is 20.8 Å². The zero-order valence-corrected chi connectivity index (χ0v) is 17.4. The summed E-state index contributed by atoms with van der Waals surface area (Å²) in [6.45, 7) is 5.83. The van der Waals surface area contributed by atoms with Crippen molar-refractivity contribution in [3.05, 3.63) is 62.9 Å². The number of benzene rings is 1. The molecule has 0 radical (unpaired) electrons. The predicted octanol–water partition coefficient (Wildman–Crippen LogP) is 4.57. The maximum Gasteiger partial charge on any atom is 0.263 e. The fourth-order valence-electron chi connectivity index (χ4n) is 3.12. The Bertz CT molecular complexity index is 1010. The zero-order chi connectivity index (χ0) is 20.5. The third kappa shape index (κ3) is 4.53. The fourth-order valence-corrected chi connectivity index (χ4v) is 4.12. The highest BCUT2D eigenvalue weighted by Crippen LogP contribution is 2.38. The first-order valence-electron chi connectivity index (χ1n) is 9.76. The minimum absolute atomic E-state index is 0.0957. The Morgan fingerprint density at radius 2 is 2.00 bits per heavy atom. The number of nitrogens with one attached hydrogen (secondary N) is 1. The minimum atomic E-state index is -0.357. The average Bonchev–Trinajstić information content (AvgIpc) is 3.30. The summed E-state index contributed by atoms with van der Waals surface area (Å²) < 4.78 is 18.5.